The number of urea groups is 1. The zero-order valence-corrected chi connectivity index (χ0v) is 10.7. The second-order valence-corrected chi connectivity index (χ2v) is 4.51. The molecular formula is C13H15FN2O4. The minimum absolute atomic E-state index is 0.0655. The summed E-state index contributed by atoms with van der Waals surface area (Å²) in [6.45, 7) is 1.12. The zero-order chi connectivity index (χ0) is 14.5. The molecular weight excluding hydrogens is 267 g/mol. The number of aromatic carboxylic acids is 1. The number of carbonyl (C=O) groups excluding carboxylic acids is 1. The molecule has 2 amide bonds. The first-order valence-corrected chi connectivity index (χ1v) is 6.24. The van der Waals surface area contributed by atoms with Crippen LogP contribution >= 0.6 is 0 Å². The molecule has 0 aromatic heterocycles. The monoisotopic (exact) mass is 282 g/mol. The summed E-state index contributed by atoms with van der Waals surface area (Å²) in [6.07, 6.45) is 1.68. The number of anilines is 1. The molecule has 7 heteroatoms. The van der Waals surface area contributed by atoms with E-state index in [9.17, 15) is 14.0 Å². The molecule has 1 unspecified atom stereocenters. The molecule has 1 aliphatic heterocycles. The Morgan fingerprint density at radius 3 is 2.80 bits per heavy atom. The van der Waals surface area contributed by atoms with E-state index < -0.39 is 17.8 Å². The number of amides is 2. The van der Waals surface area contributed by atoms with Gasteiger partial charge < -0.3 is 20.5 Å². The molecule has 1 aliphatic rings. The number of carbonyl (C=O) groups is 2. The minimum Gasteiger partial charge on any atom is -0.478 e. The van der Waals surface area contributed by atoms with Crippen molar-refractivity contribution >= 4 is 17.7 Å². The van der Waals surface area contributed by atoms with Crippen LogP contribution in [0.25, 0.3) is 0 Å². The number of halogens is 1. The number of nitrogens with one attached hydrogen (secondary N) is 2. The van der Waals surface area contributed by atoms with Crippen LogP contribution in [0.15, 0.2) is 18.2 Å². The Balaban J connectivity index is 1.95. The number of carboxylic acids is 1. The van der Waals surface area contributed by atoms with Gasteiger partial charge in [0.1, 0.15) is 5.82 Å². The Kier molecular flexibility index (Phi) is 4.52. The molecule has 1 atom stereocenters. The fourth-order valence-electron chi connectivity index (χ4n) is 1.95. The van der Waals surface area contributed by atoms with Crippen molar-refractivity contribution in [2.45, 2.75) is 18.9 Å². The number of ether oxygens (including phenoxy) is 1. The van der Waals surface area contributed by atoms with Crippen molar-refractivity contribution in [1.82, 2.24) is 5.32 Å². The van der Waals surface area contributed by atoms with Crippen molar-refractivity contribution in [3.8, 4) is 0 Å². The second-order valence-electron chi connectivity index (χ2n) is 4.51. The summed E-state index contributed by atoms with van der Waals surface area (Å²) in [5.74, 6) is -2.01. The highest BCUT2D eigenvalue weighted by atomic mass is 19.1. The summed E-state index contributed by atoms with van der Waals surface area (Å²) in [6, 6.07) is 2.68. The molecule has 0 aliphatic carbocycles. The fourth-order valence-corrected chi connectivity index (χ4v) is 1.95. The van der Waals surface area contributed by atoms with E-state index in [0.717, 1.165) is 18.9 Å². The van der Waals surface area contributed by atoms with Gasteiger partial charge in [0.2, 0.25) is 0 Å². The number of hydrogen-bond donors (Lipinski definition) is 3. The third-order valence-electron chi connectivity index (χ3n) is 2.96. The zero-order valence-electron chi connectivity index (χ0n) is 10.7. The van der Waals surface area contributed by atoms with E-state index in [4.69, 9.17) is 9.84 Å². The highest BCUT2D eigenvalue weighted by Crippen LogP contribution is 2.16. The minimum atomic E-state index is -1.22. The molecule has 0 bridgehead atoms. The molecule has 0 spiro atoms. The summed E-state index contributed by atoms with van der Waals surface area (Å²) >= 11 is 0. The smallest absolute Gasteiger partial charge is 0.335 e. The van der Waals surface area contributed by atoms with Crippen molar-refractivity contribution in [3.05, 3.63) is 29.6 Å². The molecule has 20 heavy (non-hydrogen) atoms. The molecule has 0 radical (unpaired) electrons. The van der Waals surface area contributed by atoms with E-state index in [2.05, 4.69) is 10.6 Å². The predicted molar refractivity (Wildman–Crippen MR) is 69.4 cm³/mol. The average Bonchev–Trinajstić information content (AvgIpc) is 2.42. The molecule has 1 saturated heterocycles. The van der Waals surface area contributed by atoms with Gasteiger partial charge in [0.05, 0.1) is 23.9 Å². The summed E-state index contributed by atoms with van der Waals surface area (Å²) in [7, 11) is 0. The average molecular weight is 282 g/mol. The van der Waals surface area contributed by atoms with E-state index in [1.807, 2.05) is 0 Å². The van der Waals surface area contributed by atoms with Crippen LogP contribution in [0.4, 0.5) is 14.9 Å². The lowest BCUT2D eigenvalue weighted by Gasteiger charge is -2.23. The van der Waals surface area contributed by atoms with Crippen molar-refractivity contribution in [2.24, 2.45) is 0 Å². The molecule has 108 valence electrons. The van der Waals surface area contributed by atoms with Gasteiger partial charge in [-0.2, -0.15) is 0 Å². The molecule has 1 fully saturated rings. The summed E-state index contributed by atoms with van der Waals surface area (Å²) in [5.41, 5.74) is -0.238. The van der Waals surface area contributed by atoms with Crippen molar-refractivity contribution < 1.29 is 23.8 Å². The third-order valence-corrected chi connectivity index (χ3v) is 2.96. The maximum absolute atomic E-state index is 13.6. The van der Waals surface area contributed by atoms with Crippen molar-refractivity contribution in [2.75, 3.05) is 18.5 Å². The van der Waals surface area contributed by atoms with E-state index in [0.29, 0.717) is 13.2 Å². The number of rotatable bonds is 3. The lowest BCUT2D eigenvalue weighted by atomic mass is 10.1. The van der Waals surface area contributed by atoms with Crippen LogP contribution in [0.5, 0.6) is 0 Å². The lowest BCUT2D eigenvalue weighted by Crippen LogP contribution is -2.42. The van der Waals surface area contributed by atoms with Gasteiger partial charge in [-0.3, -0.25) is 0 Å². The molecule has 1 heterocycles. The largest absolute Gasteiger partial charge is 0.478 e. The van der Waals surface area contributed by atoms with Gasteiger partial charge in [-0.05, 0) is 31.0 Å². The molecule has 6 nitrogen and oxygen atoms in total. The van der Waals surface area contributed by atoms with Gasteiger partial charge in [0.15, 0.2) is 0 Å². The molecule has 3 N–H and O–H groups in total. The van der Waals surface area contributed by atoms with Gasteiger partial charge >= 0.3 is 12.0 Å². The maximum Gasteiger partial charge on any atom is 0.335 e. The Morgan fingerprint density at radius 1 is 1.40 bits per heavy atom. The summed E-state index contributed by atoms with van der Waals surface area (Å²) < 4.78 is 18.8. The fraction of sp³-hybridized carbons (Fsp3) is 0.385. The highest BCUT2D eigenvalue weighted by molar-refractivity contribution is 5.91. The molecule has 0 saturated carbocycles. The van der Waals surface area contributed by atoms with Gasteiger partial charge in [0.25, 0.3) is 0 Å². The van der Waals surface area contributed by atoms with Gasteiger partial charge in [0, 0.05) is 6.61 Å². The first-order chi connectivity index (χ1) is 9.56. The van der Waals surface area contributed by atoms with Crippen LogP contribution < -0.4 is 10.6 Å². The Morgan fingerprint density at radius 2 is 2.20 bits per heavy atom. The Labute approximate surface area is 114 Å². The Bertz CT molecular complexity index is 515. The molecule has 1 aromatic carbocycles. The summed E-state index contributed by atoms with van der Waals surface area (Å²) in [5, 5.41) is 13.7. The van der Waals surface area contributed by atoms with E-state index in [-0.39, 0.29) is 17.3 Å². The van der Waals surface area contributed by atoms with Gasteiger partial charge in [-0.1, -0.05) is 0 Å². The normalized spacial score (nSPS) is 18.4. The lowest BCUT2D eigenvalue weighted by molar-refractivity contribution is 0.0696. The first-order valence-electron chi connectivity index (χ1n) is 6.24. The van der Waals surface area contributed by atoms with Gasteiger partial charge in [-0.25, -0.2) is 14.0 Å². The number of carboxylic acid groups (broad SMARTS) is 1. The maximum atomic E-state index is 13.6. The summed E-state index contributed by atoms with van der Waals surface area (Å²) in [4.78, 5) is 22.4. The quantitative estimate of drug-likeness (QED) is 0.789. The van der Waals surface area contributed by atoms with Gasteiger partial charge in [-0.15, -0.1) is 0 Å². The second kappa shape index (κ2) is 6.33. The van der Waals surface area contributed by atoms with Crippen LogP contribution in [0.2, 0.25) is 0 Å². The van der Waals surface area contributed by atoms with E-state index in [1.54, 1.807) is 0 Å². The number of benzene rings is 1. The van der Waals surface area contributed by atoms with Crippen LogP contribution in [-0.2, 0) is 4.74 Å². The van der Waals surface area contributed by atoms with Crippen LogP contribution in [0.3, 0.4) is 0 Å². The van der Waals surface area contributed by atoms with Crippen molar-refractivity contribution in [3.63, 3.8) is 0 Å². The molecule has 1 aromatic rings. The van der Waals surface area contributed by atoms with Crippen molar-refractivity contribution in [1.29, 1.82) is 0 Å². The van der Waals surface area contributed by atoms with E-state index >= 15 is 0 Å². The van der Waals surface area contributed by atoms with Crippen LogP contribution in [0, 0.1) is 5.82 Å². The predicted octanol–water partition coefficient (Wildman–Crippen LogP) is 1.82. The highest BCUT2D eigenvalue weighted by Gasteiger charge is 2.17. The molecule has 2 rings (SSSR count). The van der Waals surface area contributed by atoms with E-state index in [1.165, 1.54) is 12.1 Å². The van der Waals surface area contributed by atoms with Crippen LogP contribution in [-0.4, -0.2) is 36.4 Å². The SMILES string of the molecule is O=C(Nc1ccc(C(=O)O)cc1F)NC1CCCOC1. The Hall–Kier alpha value is -2.15. The third kappa shape index (κ3) is 3.67. The first kappa shape index (κ1) is 14.3. The topological polar surface area (TPSA) is 87.7 Å². The number of hydrogen-bond acceptors (Lipinski definition) is 3. The standard InChI is InChI=1S/C13H15FN2O4/c14-10-6-8(12(17)18)3-4-11(10)16-13(19)15-9-2-1-5-20-7-9/h3-4,6,9H,1-2,5,7H2,(H,17,18)(H2,15,16,19). The van der Waals surface area contributed by atoms with Crippen LogP contribution in [0.1, 0.15) is 23.2 Å².